The van der Waals surface area contributed by atoms with Gasteiger partial charge in [-0.25, -0.2) is 4.79 Å². The first-order chi connectivity index (χ1) is 8.22. The first-order valence-electron chi connectivity index (χ1n) is 5.73. The Morgan fingerprint density at radius 2 is 2.12 bits per heavy atom. The van der Waals surface area contributed by atoms with E-state index in [1.165, 1.54) is 7.11 Å². The van der Waals surface area contributed by atoms with Crippen molar-refractivity contribution in [2.75, 3.05) is 20.3 Å². The van der Waals surface area contributed by atoms with Crippen LogP contribution in [0.1, 0.15) is 18.6 Å². The molecule has 0 aliphatic carbocycles. The molecular weight excluding hydrogens is 218 g/mol. The molecule has 0 aromatic heterocycles. The number of ether oxygens (including phenoxy) is 2. The second-order valence-corrected chi connectivity index (χ2v) is 4.20. The summed E-state index contributed by atoms with van der Waals surface area (Å²) in [5, 5.41) is 0. The second-order valence-electron chi connectivity index (χ2n) is 4.20. The number of hydrogen-bond donors (Lipinski definition) is 0. The molecule has 0 spiro atoms. The van der Waals surface area contributed by atoms with Crippen LogP contribution in [-0.4, -0.2) is 37.3 Å². The fourth-order valence-corrected chi connectivity index (χ4v) is 2.00. The molecule has 1 aromatic rings. The zero-order valence-corrected chi connectivity index (χ0v) is 10.1. The van der Waals surface area contributed by atoms with E-state index < -0.39 is 0 Å². The van der Waals surface area contributed by atoms with Gasteiger partial charge in [0, 0.05) is 0 Å². The zero-order chi connectivity index (χ0) is 12.3. The fraction of sp³-hybridized carbons (Fsp3) is 0.462. The van der Waals surface area contributed by atoms with Crippen molar-refractivity contribution in [3.05, 3.63) is 35.9 Å². The van der Waals surface area contributed by atoms with E-state index in [1.807, 2.05) is 37.3 Å². The van der Waals surface area contributed by atoms with Gasteiger partial charge in [-0.3, -0.25) is 0 Å². The van der Waals surface area contributed by atoms with Crippen LogP contribution < -0.4 is 0 Å². The van der Waals surface area contributed by atoms with Crippen molar-refractivity contribution in [1.29, 1.82) is 0 Å². The summed E-state index contributed by atoms with van der Waals surface area (Å²) in [5.41, 5.74) is 1.09. The van der Waals surface area contributed by atoms with E-state index in [4.69, 9.17) is 9.47 Å². The van der Waals surface area contributed by atoms with E-state index in [0.717, 1.165) is 5.56 Å². The highest BCUT2D eigenvalue weighted by molar-refractivity contribution is 5.68. The van der Waals surface area contributed by atoms with Crippen LogP contribution in [0.2, 0.25) is 0 Å². The van der Waals surface area contributed by atoms with Gasteiger partial charge in [0.2, 0.25) is 0 Å². The standard InChI is InChI=1S/C13H17NO3/c1-10-9-17-12(8-14(10)13(15)16-2)11-6-4-3-5-7-11/h3-7,10,12H,8-9H2,1-2H3/t10-,12-/m1/s1. The molecule has 1 heterocycles. The van der Waals surface area contributed by atoms with Gasteiger partial charge in [-0.15, -0.1) is 0 Å². The second kappa shape index (κ2) is 5.19. The van der Waals surface area contributed by atoms with Gasteiger partial charge < -0.3 is 14.4 Å². The predicted octanol–water partition coefficient (Wildman–Crippen LogP) is 2.21. The van der Waals surface area contributed by atoms with Gasteiger partial charge >= 0.3 is 6.09 Å². The highest BCUT2D eigenvalue weighted by atomic mass is 16.5. The van der Waals surface area contributed by atoms with E-state index in [2.05, 4.69) is 0 Å². The molecule has 0 radical (unpaired) electrons. The Labute approximate surface area is 101 Å². The molecular formula is C13H17NO3. The molecule has 1 fully saturated rings. The summed E-state index contributed by atoms with van der Waals surface area (Å²) in [6.45, 7) is 3.03. The molecule has 1 amide bonds. The lowest BCUT2D eigenvalue weighted by Crippen LogP contribution is -2.48. The summed E-state index contributed by atoms with van der Waals surface area (Å²) < 4.78 is 10.5. The third kappa shape index (κ3) is 2.58. The normalized spacial score (nSPS) is 24.5. The lowest BCUT2D eigenvalue weighted by Gasteiger charge is -2.37. The number of hydrogen-bond acceptors (Lipinski definition) is 3. The first-order valence-corrected chi connectivity index (χ1v) is 5.73. The minimum Gasteiger partial charge on any atom is -0.453 e. The Kier molecular flexibility index (Phi) is 3.64. The quantitative estimate of drug-likeness (QED) is 0.749. The van der Waals surface area contributed by atoms with Crippen molar-refractivity contribution < 1.29 is 14.3 Å². The molecule has 2 atom stereocenters. The van der Waals surface area contributed by atoms with Gasteiger partial charge in [0.05, 0.1) is 26.3 Å². The van der Waals surface area contributed by atoms with Crippen LogP contribution in [0.25, 0.3) is 0 Å². The molecule has 0 unspecified atom stereocenters. The topological polar surface area (TPSA) is 38.8 Å². The summed E-state index contributed by atoms with van der Waals surface area (Å²) >= 11 is 0. The Balaban J connectivity index is 2.10. The molecule has 0 bridgehead atoms. The van der Waals surface area contributed by atoms with E-state index in [1.54, 1.807) is 4.90 Å². The van der Waals surface area contributed by atoms with Gasteiger partial charge in [0.25, 0.3) is 0 Å². The molecule has 0 N–H and O–H groups in total. The van der Waals surface area contributed by atoms with Gasteiger partial charge in [0.1, 0.15) is 6.10 Å². The van der Waals surface area contributed by atoms with Gasteiger partial charge in [-0.2, -0.15) is 0 Å². The maximum Gasteiger partial charge on any atom is 0.409 e. The average molecular weight is 235 g/mol. The van der Waals surface area contributed by atoms with Gasteiger partial charge in [-0.1, -0.05) is 30.3 Å². The third-order valence-corrected chi connectivity index (χ3v) is 3.01. The molecule has 2 rings (SSSR count). The number of morpholine rings is 1. The van der Waals surface area contributed by atoms with Crippen LogP contribution in [-0.2, 0) is 9.47 Å². The monoisotopic (exact) mass is 235 g/mol. The summed E-state index contributed by atoms with van der Waals surface area (Å²) in [7, 11) is 1.40. The minimum absolute atomic E-state index is 0.0578. The van der Waals surface area contributed by atoms with Crippen molar-refractivity contribution in [3.8, 4) is 0 Å². The lowest BCUT2D eigenvalue weighted by molar-refractivity contribution is -0.0528. The number of carbonyl (C=O) groups is 1. The third-order valence-electron chi connectivity index (χ3n) is 3.01. The maximum atomic E-state index is 11.6. The van der Waals surface area contributed by atoms with Crippen LogP contribution >= 0.6 is 0 Å². The largest absolute Gasteiger partial charge is 0.453 e. The zero-order valence-electron chi connectivity index (χ0n) is 10.1. The van der Waals surface area contributed by atoms with Crippen molar-refractivity contribution in [1.82, 2.24) is 4.90 Å². The van der Waals surface area contributed by atoms with Crippen molar-refractivity contribution >= 4 is 6.09 Å². The van der Waals surface area contributed by atoms with E-state index in [-0.39, 0.29) is 18.2 Å². The molecule has 1 saturated heterocycles. The minimum atomic E-state index is -0.290. The lowest BCUT2D eigenvalue weighted by atomic mass is 10.1. The van der Waals surface area contributed by atoms with E-state index >= 15 is 0 Å². The van der Waals surface area contributed by atoms with Crippen LogP contribution in [0, 0.1) is 0 Å². The summed E-state index contributed by atoms with van der Waals surface area (Å²) in [4.78, 5) is 13.3. The Morgan fingerprint density at radius 3 is 2.76 bits per heavy atom. The molecule has 4 nitrogen and oxygen atoms in total. The van der Waals surface area contributed by atoms with Crippen LogP contribution in [0.4, 0.5) is 4.79 Å². The number of benzene rings is 1. The molecule has 17 heavy (non-hydrogen) atoms. The number of carbonyl (C=O) groups excluding carboxylic acids is 1. The molecule has 1 aliphatic heterocycles. The molecule has 4 heteroatoms. The first kappa shape index (κ1) is 11.9. The van der Waals surface area contributed by atoms with Crippen molar-refractivity contribution in [3.63, 3.8) is 0 Å². The molecule has 1 aromatic carbocycles. The summed E-state index contributed by atoms with van der Waals surface area (Å²) in [6, 6.07) is 9.99. The fourth-order valence-electron chi connectivity index (χ4n) is 2.00. The summed E-state index contributed by atoms with van der Waals surface area (Å²) in [5.74, 6) is 0. The Bertz CT molecular complexity index is 380. The maximum absolute atomic E-state index is 11.6. The highest BCUT2D eigenvalue weighted by Crippen LogP contribution is 2.24. The predicted molar refractivity (Wildman–Crippen MR) is 63.7 cm³/mol. The number of rotatable bonds is 1. The van der Waals surface area contributed by atoms with Crippen LogP contribution in [0.3, 0.4) is 0 Å². The van der Waals surface area contributed by atoms with Gasteiger partial charge in [0.15, 0.2) is 0 Å². The molecule has 1 aliphatic rings. The highest BCUT2D eigenvalue weighted by Gasteiger charge is 2.30. The van der Waals surface area contributed by atoms with E-state index in [0.29, 0.717) is 13.2 Å². The average Bonchev–Trinajstić information content (AvgIpc) is 2.39. The molecule has 0 saturated carbocycles. The van der Waals surface area contributed by atoms with Crippen LogP contribution in [0.5, 0.6) is 0 Å². The van der Waals surface area contributed by atoms with E-state index in [9.17, 15) is 4.79 Å². The number of nitrogens with zero attached hydrogens (tertiary/aromatic N) is 1. The number of methoxy groups -OCH3 is 1. The molecule has 92 valence electrons. The summed E-state index contributed by atoms with van der Waals surface area (Å²) in [6.07, 6.45) is -0.353. The Morgan fingerprint density at radius 1 is 1.41 bits per heavy atom. The van der Waals surface area contributed by atoms with Crippen LogP contribution in [0.15, 0.2) is 30.3 Å². The van der Waals surface area contributed by atoms with Gasteiger partial charge in [-0.05, 0) is 12.5 Å². The number of amides is 1. The SMILES string of the molecule is COC(=O)N1C[C@H](c2ccccc2)OC[C@H]1C. The Hall–Kier alpha value is -1.55. The smallest absolute Gasteiger partial charge is 0.409 e. The van der Waals surface area contributed by atoms with Crippen molar-refractivity contribution in [2.24, 2.45) is 0 Å². The van der Waals surface area contributed by atoms with Crippen molar-refractivity contribution in [2.45, 2.75) is 19.1 Å².